The fourth-order valence-corrected chi connectivity index (χ4v) is 1.41. The van der Waals surface area contributed by atoms with Gasteiger partial charge in [0.2, 0.25) is 5.78 Å². The second-order valence-corrected chi connectivity index (χ2v) is 4.08. The molecule has 0 N–H and O–H groups in total. The van der Waals surface area contributed by atoms with Crippen molar-refractivity contribution in [2.24, 2.45) is 0 Å². The Bertz CT molecular complexity index is 387. The lowest BCUT2D eigenvalue weighted by atomic mass is 10.1. The van der Waals surface area contributed by atoms with Crippen LogP contribution in [0.1, 0.15) is 12.0 Å². The second-order valence-electron chi connectivity index (χ2n) is 3.64. The predicted molar refractivity (Wildman–Crippen MR) is 65.2 cm³/mol. The van der Waals surface area contributed by atoms with E-state index in [0.717, 1.165) is 0 Å². The number of Topliss-reactive ketones (excluding diaryl/α,β-unsaturated/α-hetero) is 1. The van der Waals surface area contributed by atoms with Crippen LogP contribution >= 0.6 is 12.6 Å². The summed E-state index contributed by atoms with van der Waals surface area (Å²) in [6, 6.07) is 6.63. The molecule has 0 saturated carbocycles. The van der Waals surface area contributed by atoms with Crippen LogP contribution in [0.5, 0.6) is 5.75 Å². The fraction of sp³-hybridized carbons (Fsp3) is 0.417. The van der Waals surface area contributed by atoms with Gasteiger partial charge in [0.05, 0.1) is 6.61 Å². The van der Waals surface area contributed by atoms with E-state index >= 15 is 0 Å². The summed E-state index contributed by atoms with van der Waals surface area (Å²) in [5.41, 5.74) is 0.672. The van der Waals surface area contributed by atoms with Gasteiger partial charge in [0.25, 0.3) is 0 Å². The fourth-order valence-electron chi connectivity index (χ4n) is 1.32. The molecule has 18 heavy (non-hydrogen) atoms. The van der Waals surface area contributed by atoms with Gasteiger partial charge in [-0.05, 0) is 24.1 Å². The van der Waals surface area contributed by atoms with Crippen molar-refractivity contribution < 1.29 is 22.7 Å². The largest absolute Gasteiger partial charge is 0.493 e. The SMILES string of the molecule is O=C(CCc1ccc(OCCS)cc1)C(F)(F)F. The van der Waals surface area contributed by atoms with E-state index in [-0.39, 0.29) is 6.42 Å². The number of ketones is 1. The Labute approximate surface area is 109 Å². The zero-order valence-electron chi connectivity index (χ0n) is 9.54. The number of hydrogen-bond acceptors (Lipinski definition) is 3. The molecule has 0 fully saturated rings. The Kier molecular flexibility index (Phi) is 5.53. The Morgan fingerprint density at radius 1 is 1.22 bits per heavy atom. The highest BCUT2D eigenvalue weighted by molar-refractivity contribution is 7.80. The van der Waals surface area contributed by atoms with Gasteiger partial charge in [0.1, 0.15) is 5.75 Å². The topological polar surface area (TPSA) is 26.3 Å². The summed E-state index contributed by atoms with van der Waals surface area (Å²) in [5, 5.41) is 0. The summed E-state index contributed by atoms with van der Waals surface area (Å²) in [5.74, 6) is -0.477. The summed E-state index contributed by atoms with van der Waals surface area (Å²) in [6.07, 6.45) is -5.19. The third-order valence-electron chi connectivity index (χ3n) is 2.24. The maximum Gasteiger partial charge on any atom is 0.449 e. The molecule has 0 aliphatic carbocycles. The third kappa shape index (κ3) is 5.00. The minimum Gasteiger partial charge on any atom is -0.493 e. The lowest BCUT2D eigenvalue weighted by Crippen LogP contribution is -2.22. The number of carbonyl (C=O) groups is 1. The van der Waals surface area contributed by atoms with Gasteiger partial charge in [-0.3, -0.25) is 4.79 Å². The first-order valence-electron chi connectivity index (χ1n) is 5.36. The van der Waals surface area contributed by atoms with E-state index in [1.807, 2.05) is 0 Å². The number of halogens is 3. The molecule has 0 unspecified atom stereocenters. The molecule has 0 atom stereocenters. The van der Waals surface area contributed by atoms with Crippen LogP contribution in [0.25, 0.3) is 0 Å². The van der Waals surface area contributed by atoms with Gasteiger partial charge in [-0.2, -0.15) is 25.8 Å². The summed E-state index contributed by atoms with van der Waals surface area (Å²) in [4.78, 5) is 10.7. The highest BCUT2D eigenvalue weighted by atomic mass is 32.1. The molecule has 6 heteroatoms. The average molecular weight is 278 g/mol. The maximum atomic E-state index is 12.0. The lowest BCUT2D eigenvalue weighted by Gasteiger charge is -2.07. The lowest BCUT2D eigenvalue weighted by molar-refractivity contribution is -0.171. The molecule has 1 aromatic rings. The number of carbonyl (C=O) groups excluding carboxylic acids is 1. The molecule has 2 nitrogen and oxygen atoms in total. The quantitative estimate of drug-likeness (QED) is 0.809. The second kappa shape index (κ2) is 6.68. The van der Waals surface area contributed by atoms with E-state index in [2.05, 4.69) is 12.6 Å². The van der Waals surface area contributed by atoms with Gasteiger partial charge < -0.3 is 4.74 Å². The minimum atomic E-state index is -4.74. The van der Waals surface area contributed by atoms with Gasteiger partial charge >= 0.3 is 6.18 Å². The van der Waals surface area contributed by atoms with Crippen LogP contribution in [-0.4, -0.2) is 24.3 Å². The van der Waals surface area contributed by atoms with Crippen molar-refractivity contribution in [1.29, 1.82) is 0 Å². The Hall–Kier alpha value is -1.17. The molecule has 0 spiro atoms. The summed E-state index contributed by atoms with van der Waals surface area (Å²) < 4.78 is 41.2. The molecule has 0 radical (unpaired) electrons. The van der Waals surface area contributed by atoms with Crippen LogP contribution in [0.3, 0.4) is 0 Å². The van der Waals surface area contributed by atoms with E-state index in [1.165, 1.54) is 0 Å². The van der Waals surface area contributed by atoms with Gasteiger partial charge in [-0.1, -0.05) is 12.1 Å². The molecule has 0 aliphatic heterocycles. The summed E-state index contributed by atoms with van der Waals surface area (Å²) >= 11 is 3.99. The number of ether oxygens (including phenoxy) is 1. The molecule has 0 aromatic heterocycles. The van der Waals surface area contributed by atoms with Crippen LogP contribution in [-0.2, 0) is 11.2 Å². The number of thiol groups is 1. The molecule has 0 saturated heterocycles. The van der Waals surface area contributed by atoms with Crippen LogP contribution in [0.15, 0.2) is 24.3 Å². The molecule has 1 aromatic carbocycles. The first-order chi connectivity index (χ1) is 8.43. The minimum absolute atomic E-state index is 0.0746. The number of rotatable bonds is 6. The summed E-state index contributed by atoms with van der Waals surface area (Å²) in [7, 11) is 0. The Balaban J connectivity index is 2.46. The Morgan fingerprint density at radius 2 is 1.83 bits per heavy atom. The van der Waals surface area contributed by atoms with Crippen LogP contribution in [0.4, 0.5) is 13.2 Å². The molecule has 0 amide bonds. The average Bonchev–Trinajstić information content (AvgIpc) is 2.33. The molecular weight excluding hydrogens is 265 g/mol. The predicted octanol–water partition coefficient (Wildman–Crippen LogP) is 3.06. The number of alkyl halides is 3. The monoisotopic (exact) mass is 278 g/mol. The van der Waals surface area contributed by atoms with Gasteiger partial charge in [0.15, 0.2) is 0 Å². The van der Waals surface area contributed by atoms with E-state index < -0.39 is 18.4 Å². The van der Waals surface area contributed by atoms with Crippen molar-refractivity contribution in [3.8, 4) is 5.75 Å². The van der Waals surface area contributed by atoms with Crippen molar-refractivity contribution in [1.82, 2.24) is 0 Å². The van der Waals surface area contributed by atoms with E-state index in [9.17, 15) is 18.0 Å². The Morgan fingerprint density at radius 3 is 2.33 bits per heavy atom. The summed E-state index contributed by atoms with van der Waals surface area (Å²) in [6.45, 7) is 0.467. The molecule has 1 rings (SSSR count). The maximum absolute atomic E-state index is 12.0. The van der Waals surface area contributed by atoms with Crippen LogP contribution in [0.2, 0.25) is 0 Å². The van der Waals surface area contributed by atoms with Crippen molar-refractivity contribution in [2.45, 2.75) is 19.0 Å². The number of aryl methyl sites for hydroxylation is 1. The van der Waals surface area contributed by atoms with Crippen LogP contribution in [0, 0.1) is 0 Å². The zero-order valence-corrected chi connectivity index (χ0v) is 10.4. The molecule has 100 valence electrons. The van der Waals surface area contributed by atoms with E-state index in [1.54, 1.807) is 24.3 Å². The molecular formula is C12H13F3O2S. The van der Waals surface area contributed by atoms with Gasteiger partial charge in [0, 0.05) is 12.2 Å². The molecule has 0 heterocycles. The van der Waals surface area contributed by atoms with Gasteiger partial charge in [-0.25, -0.2) is 0 Å². The van der Waals surface area contributed by atoms with Crippen molar-refractivity contribution in [3.05, 3.63) is 29.8 Å². The molecule has 0 aliphatic rings. The highest BCUT2D eigenvalue weighted by Gasteiger charge is 2.37. The smallest absolute Gasteiger partial charge is 0.449 e. The van der Waals surface area contributed by atoms with Gasteiger partial charge in [-0.15, -0.1) is 0 Å². The van der Waals surface area contributed by atoms with Crippen molar-refractivity contribution in [3.63, 3.8) is 0 Å². The van der Waals surface area contributed by atoms with Crippen molar-refractivity contribution in [2.75, 3.05) is 12.4 Å². The number of hydrogen-bond donors (Lipinski definition) is 1. The normalized spacial score (nSPS) is 11.3. The van der Waals surface area contributed by atoms with E-state index in [0.29, 0.717) is 23.7 Å². The van der Waals surface area contributed by atoms with Crippen molar-refractivity contribution >= 4 is 18.4 Å². The highest BCUT2D eigenvalue weighted by Crippen LogP contribution is 2.20. The molecule has 0 bridgehead atoms. The van der Waals surface area contributed by atoms with E-state index in [4.69, 9.17) is 4.74 Å². The standard InChI is InChI=1S/C12H13F3O2S/c13-12(14,15)11(16)6-3-9-1-4-10(5-2-9)17-7-8-18/h1-2,4-5,18H,3,6-8H2. The third-order valence-corrected chi connectivity index (χ3v) is 2.42. The number of benzene rings is 1. The zero-order chi connectivity index (χ0) is 13.6. The first-order valence-corrected chi connectivity index (χ1v) is 5.99. The van der Waals surface area contributed by atoms with Crippen LogP contribution < -0.4 is 4.74 Å². The first kappa shape index (κ1) is 14.9.